The van der Waals surface area contributed by atoms with E-state index in [4.69, 9.17) is 0 Å². The van der Waals surface area contributed by atoms with Crippen LogP contribution in [0.2, 0.25) is 0 Å². The lowest BCUT2D eigenvalue weighted by atomic mass is 10.2. The molecule has 0 unspecified atom stereocenters. The number of pyridine rings is 2. The molecular weight excluding hydrogens is 306 g/mol. The lowest BCUT2D eigenvalue weighted by molar-refractivity contribution is 0.0783. The van der Waals surface area contributed by atoms with Gasteiger partial charge in [-0.3, -0.25) is 9.78 Å². The fourth-order valence-corrected chi connectivity index (χ4v) is 1.96. The van der Waals surface area contributed by atoms with Crippen LogP contribution in [0.4, 0.5) is 0 Å². The summed E-state index contributed by atoms with van der Waals surface area (Å²) in [6, 6.07) is 9.29. The Hall–Kier alpha value is -1.75. The zero-order valence-corrected chi connectivity index (χ0v) is 12.4. The molecular formula is C14H14BrN3O. The Bertz CT molecular complexity index is 583. The van der Waals surface area contributed by atoms with Gasteiger partial charge in [0.2, 0.25) is 0 Å². The number of nitrogens with zero attached hydrogens (tertiary/aromatic N) is 3. The second-order valence-corrected chi connectivity index (χ2v) is 5.11. The van der Waals surface area contributed by atoms with Crippen LogP contribution in [0.5, 0.6) is 0 Å². The summed E-state index contributed by atoms with van der Waals surface area (Å²) in [4.78, 5) is 22.3. The molecule has 2 rings (SSSR count). The maximum Gasteiger partial charge on any atom is 0.255 e. The minimum atomic E-state index is -0.0664. The predicted octanol–water partition coefficient (Wildman–Crippen LogP) is 2.82. The second kappa shape index (κ2) is 5.93. The van der Waals surface area contributed by atoms with Gasteiger partial charge in [0.15, 0.2) is 0 Å². The first-order chi connectivity index (χ1) is 9.06. The topological polar surface area (TPSA) is 46.1 Å². The van der Waals surface area contributed by atoms with Crippen LogP contribution in [0.25, 0.3) is 0 Å². The first kappa shape index (κ1) is 13.7. The third-order valence-electron chi connectivity index (χ3n) is 2.67. The van der Waals surface area contributed by atoms with E-state index in [2.05, 4.69) is 25.9 Å². The first-order valence-corrected chi connectivity index (χ1v) is 6.65. The van der Waals surface area contributed by atoms with E-state index in [9.17, 15) is 4.79 Å². The molecule has 0 aliphatic rings. The Morgan fingerprint density at radius 3 is 2.74 bits per heavy atom. The van der Waals surface area contributed by atoms with Crippen LogP contribution in [-0.4, -0.2) is 27.8 Å². The third-order valence-corrected chi connectivity index (χ3v) is 3.14. The van der Waals surface area contributed by atoms with Gasteiger partial charge in [-0.05, 0) is 47.1 Å². The highest BCUT2D eigenvalue weighted by molar-refractivity contribution is 9.10. The molecule has 0 spiro atoms. The Morgan fingerprint density at radius 1 is 1.32 bits per heavy atom. The second-order valence-electron chi connectivity index (χ2n) is 4.30. The van der Waals surface area contributed by atoms with Gasteiger partial charge in [0.05, 0.1) is 17.8 Å². The molecule has 2 aromatic rings. The van der Waals surface area contributed by atoms with Gasteiger partial charge in [-0.15, -0.1) is 0 Å². The van der Waals surface area contributed by atoms with Gasteiger partial charge in [0.25, 0.3) is 5.91 Å². The van der Waals surface area contributed by atoms with Gasteiger partial charge in [-0.2, -0.15) is 0 Å². The van der Waals surface area contributed by atoms with Crippen LogP contribution in [0.1, 0.15) is 21.7 Å². The van der Waals surface area contributed by atoms with Crippen LogP contribution >= 0.6 is 15.9 Å². The van der Waals surface area contributed by atoms with E-state index in [1.54, 1.807) is 30.3 Å². The molecule has 0 aromatic carbocycles. The Morgan fingerprint density at radius 2 is 2.11 bits per heavy atom. The van der Waals surface area contributed by atoms with E-state index in [-0.39, 0.29) is 5.91 Å². The van der Waals surface area contributed by atoms with E-state index in [1.165, 1.54) is 0 Å². The zero-order valence-electron chi connectivity index (χ0n) is 10.8. The van der Waals surface area contributed by atoms with Crippen molar-refractivity contribution in [2.75, 3.05) is 7.05 Å². The Labute approximate surface area is 120 Å². The summed E-state index contributed by atoms with van der Waals surface area (Å²) < 4.78 is 0.715. The first-order valence-electron chi connectivity index (χ1n) is 5.86. The van der Waals surface area contributed by atoms with Crippen LogP contribution in [0.3, 0.4) is 0 Å². The van der Waals surface area contributed by atoms with Gasteiger partial charge in [-0.1, -0.05) is 6.07 Å². The molecule has 1 amide bonds. The number of rotatable bonds is 3. The number of aromatic nitrogens is 2. The van der Waals surface area contributed by atoms with Crippen molar-refractivity contribution in [2.45, 2.75) is 13.5 Å². The van der Waals surface area contributed by atoms with Crippen LogP contribution in [0.15, 0.2) is 41.1 Å². The number of aryl methyl sites for hydroxylation is 1. The van der Waals surface area contributed by atoms with Crippen LogP contribution in [-0.2, 0) is 6.54 Å². The molecule has 0 radical (unpaired) electrons. The standard InChI is InChI=1S/C14H14BrN3O/c1-10-4-3-5-12(17-10)9-18(2)14(19)11-6-7-13(15)16-8-11/h3-8H,9H2,1-2H3. The van der Waals surface area contributed by atoms with Gasteiger partial charge in [0.1, 0.15) is 4.60 Å². The summed E-state index contributed by atoms with van der Waals surface area (Å²) >= 11 is 3.25. The van der Waals surface area contributed by atoms with Crippen molar-refractivity contribution in [1.29, 1.82) is 0 Å². The summed E-state index contributed by atoms with van der Waals surface area (Å²) in [5.74, 6) is -0.0664. The van der Waals surface area contributed by atoms with Gasteiger partial charge in [-0.25, -0.2) is 4.98 Å². The van der Waals surface area contributed by atoms with Crippen LogP contribution < -0.4 is 0 Å². The van der Waals surface area contributed by atoms with Crippen molar-refractivity contribution >= 4 is 21.8 Å². The molecule has 0 saturated heterocycles. The fraction of sp³-hybridized carbons (Fsp3) is 0.214. The maximum atomic E-state index is 12.2. The fourth-order valence-electron chi connectivity index (χ4n) is 1.73. The lowest BCUT2D eigenvalue weighted by Crippen LogP contribution is -2.26. The van der Waals surface area contributed by atoms with E-state index in [0.29, 0.717) is 16.7 Å². The highest BCUT2D eigenvalue weighted by Crippen LogP contribution is 2.10. The summed E-state index contributed by atoms with van der Waals surface area (Å²) in [6.07, 6.45) is 1.56. The van der Waals surface area contributed by atoms with Crippen molar-refractivity contribution in [3.63, 3.8) is 0 Å². The van der Waals surface area contributed by atoms with Gasteiger partial charge >= 0.3 is 0 Å². The minimum Gasteiger partial charge on any atom is -0.336 e. The SMILES string of the molecule is Cc1cccc(CN(C)C(=O)c2ccc(Br)nc2)n1. The largest absolute Gasteiger partial charge is 0.336 e. The van der Waals surface area contributed by atoms with E-state index in [1.807, 2.05) is 25.1 Å². The van der Waals surface area contributed by atoms with Crippen molar-refractivity contribution in [2.24, 2.45) is 0 Å². The van der Waals surface area contributed by atoms with Gasteiger partial charge < -0.3 is 4.90 Å². The normalized spacial score (nSPS) is 10.3. The van der Waals surface area contributed by atoms with Crippen molar-refractivity contribution in [3.8, 4) is 0 Å². The molecule has 5 heteroatoms. The molecule has 4 nitrogen and oxygen atoms in total. The smallest absolute Gasteiger partial charge is 0.255 e. The molecule has 2 aromatic heterocycles. The predicted molar refractivity (Wildman–Crippen MR) is 76.7 cm³/mol. The number of hydrogen-bond acceptors (Lipinski definition) is 3. The molecule has 0 aliphatic heterocycles. The molecule has 19 heavy (non-hydrogen) atoms. The number of carbonyl (C=O) groups is 1. The molecule has 2 heterocycles. The molecule has 0 atom stereocenters. The Kier molecular flexibility index (Phi) is 4.27. The van der Waals surface area contributed by atoms with E-state index >= 15 is 0 Å². The molecule has 0 aliphatic carbocycles. The molecule has 0 fully saturated rings. The number of halogens is 1. The summed E-state index contributed by atoms with van der Waals surface area (Å²) in [7, 11) is 1.76. The average Bonchev–Trinajstić information content (AvgIpc) is 2.39. The maximum absolute atomic E-state index is 12.2. The van der Waals surface area contributed by atoms with E-state index in [0.717, 1.165) is 11.4 Å². The Balaban J connectivity index is 2.09. The number of carbonyl (C=O) groups excluding carboxylic acids is 1. The monoisotopic (exact) mass is 319 g/mol. The average molecular weight is 320 g/mol. The summed E-state index contributed by atoms with van der Waals surface area (Å²) in [5.41, 5.74) is 2.39. The van der Waals surface area contributed by atoms with Crippen molar-refractivity contribution < 1.29 is 4.79 Å². The number of hydrogen-bond donors (Lipinski definition) is 0. The van der Waals surface area contributed by atoms with E-state index < -0.39 is 0 Å². The summed E-state index contributed by atoms with van der Waals surface area (Å²) in [5, 5.41) is 0. The van der Waals surface area contributed by atoms with Gasteiger partial charge in [0, 0.05) is 18.9 Å². The van der Waals surface area contributed by atoms with Crippen molar-refractivity contribution in [1.82, 2.24) is 14.9 Å². The lowest BCUT2D eigenvalue weighted by Gasteiger charge is -2.16. The molecule has 0 bridgehead atoms. The number of amides is 1. The molecule has 98 valence electrons. The molecule has 0 saturated carbocycles. The third kappa shape index (κ3) is 3.61. The highest BCUT2D eigenvalue weighted by Gasteiger charge is 2.12. The minimum absolute atomic E-state index is 0.0664. The summed E-state index contributed by atoms with van der Waals surface area (Å²) in [6.45, 7) is 2.42. The van der Waals surface area contributed by atoms with Crippen LogP contribution in [0, 0.1) is 6.92 Å². The zero-order chi connectivity index (χ0) is 13.8. The molecule has 0 N–H and O–H groups in total. The highest BCUT2D eigenvalue weighted by atomic mass is 79.9. The van der Waals surface area contributed by atoms with Crippen molar-refractivity contribution in [3.05, 3.63) is 58.1 Å². The quantitative estimate of drug-likeness (QED) is 0.817.